The van der Waals surface area contributed by atoms with Crippen LogP contribution in [0.1, 0.15) is 124 Å². The molecule has 9 aromatic carbocycles. The fourth-order valence-electron chi connectivity index (χ4n) is 18.4. The minimum absolute atomic E-state index is 0.0568. The molecule has 124 heavy (non-hydrogen) atoms. The van der Waals surface area contributed by atoms with Crippen molar-refractivity contribution in [3.63, 3.8) is 0 Å². The van der Waals surface area contributed by atoms with Gasteiger partial charge in [0.05, 0.1) is 81.4 Å². The maximum atomic E-state index is 13.7. The maximum Gasteiger partial charge on any atom is 0.165 e. The van der Waals surface area contributed by atoms with E-state index < -0.39 is 11.6 Å². The summed E-state index contributed by atoms with van der Waals surface area (Å²) in [5, 5.41) is 14.0. The molecule has 0 amide bonds. The minimum Gasteiger partial charge on any atom is -0.492 e. The van der Waals surface area contributed by atoms with Crippen LogP contribution in [0.3, 0.4) is 0 Å². The van der Waals surface area contributed by atoms with Crippen molar-refractivity contribution in [3.8, 4) is 28.7 Å². The van der Waals surface area contributed by atoms with Crippen molar-refractivity contribution in [3.05, 3.63) is 267 Å². The van der Waals surface area contributed by atoms with Crippen molar-refractivity contribution < 1.29 is 60.9 Å². The van der Waals surface area contributed by atoms with Gasteiger partial charge in [0.1, 0.15) is 55.2 Å². The van der Waals surface area contributed by atoms with Gasteiger partial charge in [-0.2, -0.15) is 0 Å². The Kier molecular flexibility index (Phi) is 33.7. The number of hydrogen-bond donors (Lipinski definition) is 4. The molecular formula is C102H129F2N9O11. The molecule has 0 aromatic heterocycles. The minimum atomic E-state index is -0.558. The summed E-state index contributed by atoms with van der Waals surface area (Å²) in [5.74, 6) is 4.43. The molecule has 0 radical (unpaired) electrons. The Balaban J connectivity index is 0.000000144. The van der Waals surface area contributed by atoms with Crippen LogP contribution in [0.5, 0.6) is 28.7 Å². The van der Waals surface area contributed by atoms with E-state index in [0.717, 1.165) is 260 Å². The van der Waals surface area contributed by atoms with Gasteiger partial charge in [0.2, 0.25) is 0 Å². The molecule has 0 spiro atoms. The number of halogens is 2. The van der Waals surface area contributed by atoms with E-state index in [2.05, 4.69) is 228 Å². The zero-order chi connectivity index (χ0) is 84.9. The van der Waals surface area contributed by atoms with Crippen LogP contribution in [0, 0.1) is 11.6 Å². The van der Waals surface area contributed by atoms with Crippen LogP contribution in [0.2, 0.25) is 0 Å². The first-order valence-electron chi connectivity index (χ1n) is 45.4. The third-order valence-corrected chi connectivity index (χ3v) is 25.3. The standard InChI is InChI=1S/C35H45N3O4.C34H43N3O3.C33H41F2N3O4/c1-39-20-4-16-38-19-22-41-34-12-7-27(23-33(34)38)26-42-35-24-36-15-13-32(35)29-8-10-31(11-9-29)40-21-18-37-17-14-28-5-2-3-6-30(28)25-37;1-38-18-5-16-37-17-19-39-33-13-10-27(20-32(33)37)25-40-34-21-35-15-14-31(34)29-11-8-26(9-12-29)22-36-23-30(24-36)28-6-3-2-4-7-28;1-39-17-3-15-38-16-19-41-31-11-4-24(20-30(31)38)23-42-33-22-36-14-12-28(33)25-5-8-27(9-6-25)37-13-2-18-40-32-21-26(34)7-10-29(32)35/h2-3,5-12,23,32,35-36H,4,13-22,24-26H2,1H3;2-4,6-13,20,30-31,34-35H,5,14-19,21-25H2,1H3;4-11,20-21,28,33,36-37H,2-3,12-19,22-23H2,1H3/t32-,35+;31-,34+;28-,33+/m111/s1. The lowest BCUT2D eigenvalue weighted by Crippen LogP contribution is -2.44. The Morgan fingerprint density at radius 1 is 0.419 bits per heavy atom. The second-order valence-corrected chi connectivity index (χ2v) is 33.9. The van der Waals surface area contributed by atoms with Gasteiger partial charge in [-0.25, -0.2) is 8.78 Å². The monoisotopic (exact) mass is 1690 g/mol. The lowest BCUT2D eigenvalue weighted by atomic mass is 9.87. The number of anilines is 4. The fourth-order valence-corrected chi connectivity index (χ4v) is 18.4. The molecule has 8 aliphatic heterocycles. The third-order valence-electron chi connectivity index (χ3n) is 25.3. The van der Waals surface area contributed by atoms with Crippen LogP contribution < -0.4 is 59.7 Å². The maximum absolute atomic E-state index is 13.7. The van der Waals surface area contributed by atoms with Gasteiger partial charge in [0.15, 0.2) is 11.6 Å². The van der Waals surface area contributed by atoms with E-state index in [4.69, 9.17) is 52.1 Å². The number of piperidine rings is 3. The molecule has 8 heterocycles. The van der Waals surface area contributed by atoms with Gasteiger partial charge < -0.3 is 88.1 Å². The normalized spacial score (nSPS) is 20.1. The summed E-state index contributed by atoms with van der Waals surface area (Å²) in [6, 6.07) is 68.8. The molecule has 22 heteroatoms. The van der Waals surface area contributed by atoms with Crippen molar-refractivity contribution >= 4 is 22.7 Å². The number of rotatable bonds is 37. The van der Waals surface area contributed by atoms with Crippen LogP contribution in [0.15, 0.2) is 200 Å². The summed E-state index contributed by atoms with van der Waals surface area (Å²) >= 11 is 0. The lowest BCUT2D eigenvalue weighted by Gasteiger charge is -2.39. The molecule has 20 nitrogen and oxygen atoms in total. The Morgan fingerprint density at radius 3 is 1.39 bits per heavy atom. The predicted molar refractivity (Wildman–Crippen MR) is 488 cm³/mol. The topological polar surface area (TPSA) is 166 Å². The summed E-state index contributed by atoms with van der Waals surface area (Å²) in [4.78, 5) is 12.2. The van der Waals surface area contributed by atoms with E-state index >= 15 is 0 Å². The molecule has 6 atom stereocenters. The summed E-state index contributed by atoms with van der Waals surface area (Å²) in [6.45, 7) is 25.4. The molecule has 17 rings (SSSR count). The zero-order valence-electron chi connectivity index (χ0n) is 72.9. The molecular weight excluding hydrogens is 1570 g/mol. The van der Waals surface area contributed by atoms with Crippen molar-refractivity contribution in [2.45, 2.75) is 126 Å². The van der Waals surface area contributed by atoms with Crippen LogP contribution in [-0.2, 0) is 67.8 Å². The van der Waals surface area contributed by atoms with Gasteiger partial charge >= 0.3 is 0 Å². The Hall–Kier alpha value is -9.40. The number of nitrogens with zero attached hydrogens (tertiary/aromatic N) is 5. The third kappa shape index (κ3) is 25.3. The van der Waals surface area contributed by atoms with Gasteiger partial charge in [-0.3, -0.25) is 9.80 Å². The predicted octanol–water partition coefficient (Wildman–Crippen LogP) is 15.9. The molecule has 0 saturated carbocycles. The summed E-state index contributed by atoms with van der Waals surface area (Å²) in [7, 11) is 5.26. The van der Waals surface area contributed by atoms with E-state index in [1.54, 1.807) is 21.3 Å². The largest absolute Gasteiger partial charge is 0.492 e. The van der Waals surface area contributed by atoms with Gasteiger partial charge in [-0.15, -0.1) is 0 Å². The van der Waals surface area contributed by atoms with Crippen LogP contribution in [-0.4, -0.2) is 214 Å². The second-order valence-electron chi connectivity index (χ2n) is 33.9. The lowest BCUT2D eigenvalue weighted by molar-refractivity contribution is 0.0105. The molecule has 4 N–H and O–H groups in total. The summed E-state index contributed by atoms with van der Waals surface area (Å²) in [6.07, 6.45) is 8.30. The van der Waals surface area contributed by atoms with Crippen LogP contribution in [0.25, 0.3) is 0 Å². The van der Waals surface area contributed by atoms with E-state index in [9.17, 15) is 8.78 Å². The van der Waals surface area contributed by atoms with Crippen LogP contribution in [0.4, 0.5) is 31.5 Å². The summed E-state index contributed by atoms with van der Waals surface area (Å²) < 4.78 is 91.7. The first kappa shape index (κ1) is 89.4. The van der Waals surface area contributed by atoms with E-state index in [1.807, 2.05) is 0 Å². The van der Waals surface area contributed by atoms with E-state index in [1.165, 1.54) is 55.8 Å². The second kappa shape index (κ2) is 46.7. The molecule has 9 aromatic rings. The Labute approximate surface area is 733 Å². The highest BCUT2D eigenvalue weighted by atomic mass is 19.1. The number of likely N-dealkylation sites (tertiary alicyclic amines) is 1. The average Bonchev–Trinajstić information content (AvgIpc) is 0.856. The molecule has 0 unspecified atom stereocenters. The van der Waals surface area contributed by atoms with Crippen molar-refractivity contribution in [1.29, 1.82) is 0 Å². The smallest absolute Gasteiger partial charge is 0.165 e. The van der Waals surface area contributed by atoms with Gasteiger partial charge in [0.25, 0.3) is 0 Å². The molecule has 662 valence electrons. The van der Waals surface area contributed by atoms with Crippen LogP contribution >= 0.6 is 0 Å². The first-order valence-corrected chi connectivity index (χ1v) is 45.4. The highest BCUT2D eigenvalue weighted by Crippen LogP contribution is 2.40. The molecule has 8 aliphatic rings. The highest BCUT2D eigenvalue weighted by molar-refractivity contribution is 5.63. The molecule has 4 fully saturated rings. The summed E-state index contributed by atoms with van der Waals surface area (Å²) in [5.41, 5.74) is 17.8. The SMILES string of the molecule is COCCCN1CCOc2ccc(CO[C@H]3CNCC[C@@H]3c3ccc(CN4CC(c5ccccc5)C4)cc3)cc21.COCCCN1CCOc2ccc(CO[C@H]3CNCC[C@@H]3c3ccc(NCCCOc4cc(F)ccc4F)cc3)cc21.COCCCN1CCOc2ccc(CO[C@H]3CNCC[C@@H]3c3ccc(OCCN4CCc5ccccc5C4)cc3)cc21. The number of benzene rings is 9. The van der Waals surface area contributed by atoms with Gasteiger partial charge in [0, 0.05) is 162 Å². The zero-order valence-corrected chi connectivity index (χ0v) is 72.9. The number of hydrogen-bond acceptors (Lipinski definition) is 20. The Bertz CT molecular complexity index is 4710. The fraction of sp³-hybridized carbons (Fsp3) is 0.471. The highest BCUT2D eigenvalue weighted by Gasteiger charge is 2.33. The number of nitrogens with one attached hydrogen (secondary N) is 4. The average molecular weight is 1700 g/mol. The molecule has 0 aliphatic carbocycles. The molecule has 4 saturated heterocycles. The van der Waals surface area contributed by atoms with Gasteiger partial charge in [-0.05, 0) is 199 Å². The quantitative estimate of drug-likeness (QED) is 0.0271. The van der Waals surface area contributed by atoms with Gasteiger partial charge in [-0.1, -0.05) is 121 Å². The number of ether oxygens (including phenoxy) is 11. The van der Waals surface area contributed by atoms with Crippen molar-refractivity contribution in [2.24, 2.45) is 0 Å². The number of methoxy groups -OCH3 is 3. The first-order chi connectivity index (χ1) is 61.1. The van der Waals surface area contributed by atoms with Crippen molar-refractivity contribution in [2.75, 3.05) is 205 Å². The van der Waals surface area contributed by atoms with E-state index in [-0.39, 0.29) is 24.1 Å². The number of fused-ring (bicyclic) bond motifs is 4. The van der Waals surface area contributed by atoms with E-state index in [0.29, 0.717) is 76.3 Å². The van der Waals surface area contributed by atoms with Crippen molar-refractivity contribution in [1.82, 2.24) is 25.8 Å². The Morgan fingerprint density at radius 2 is 0.887 bits per heavy atom. The molecule has 0 bridgehead atoms.